The number of amides is 1. The highest BCUT2D eigenvalue weighted by Gasteiger charge is 2.30. The molecule has 1 aliphatic carbocycles. The molecule has 94 valence electrons. The van der Waals surface area contributed by atoms with E-state index in [-0.39, 0.29) is 11.9 Å². The molecule has 1 aliphatic rings. The van der Waals surface area contributed by atoms with Crippen LogP contribution in [0.5, 0.6) is 0 Å². The van der Waals surface area contributed by atoms with Gasteiger partial charge in [0, 0.05) is 17.9 Å². The Balaban J connectivity index is 2.08. The van der Waals surface area contributed by atoms with Crippen molar-refractivity contribution in [1.82, 2.24) is 4.90 Å². The van der Waals surface area contributed by atoms with Crippen LogP contribution in [-0.2, 0) is 0 Å². The Labute approximate surface area is 110 Å². The Morgan fingerprint density at radius 3 is 2.71 bits per heavy atom. The van der Waals surface area contributed by atoms with E-state index >= 15 is 0 Å². The minimum absolute atomic E-state index is 0.0190. The predicted octanol–water partition coefficient (Wildman–Crippen LogP) is 3.37. The van der Waals surface area contributed by atoms with Crippen LogP contribution in [0.2, 0.25) is 0 Å². The largest absolute Gasteiger partial charge is 0.456 e. The number of halogens is 1. The lowest BCUT2D eigenvalue weighted by Gasteiger charge is -2.34. The van der Waals surface area contributed by atoms with Crippen LogP contribution in [0.25, 0.3) is 0 Å². The third kappa shape index (κ3) is 2.73. The van der Waals surface area contributed by atoms with Gasteiger partial charge in [-0.3, -0.25) is 4.79 Å². The van der Waals surface area contributed by atoms with Crippen LogP contribution in [0.3, 0.4) is 0 Å². The number of furan rings is 1. The molecule has 17 heavy (non-hydrogen) atoms. The lowest BCUT2D eigenvalue weighted by Crippen LogP contribution is -2.43. The molecule has 0 radical (unpaired) electrons. The van der Waals surface area contributed by atoms with Crippen molar-refractivity contribution in [3.8, 4) is 0 Å². The standard InChI is InChI=1S/C13H18BrNO2/c1-9-7-8-12(17-9)13(16)15(2)11-6-4-3-5-10(11)14/h7-8,10-11H,3-6H2,1-2H3. The van der Waals surface area contributed by atoms with Crippen LogP contribution in [0.15, 0.2) is 16.5 Å². The number of carbonyl (C=O) groups is 1. The zero-order chi connectivity index (χ0) is 12.4. The second-order valence-electron chi connectivity index (χ2n) is 4.69. The summed E-state index contributed by atoms with van der Waals surface area (Å²) in [4.78, 5) is 14.4. The molecule has 2 rings (SSSR count). The van der Waals surface area contributed by atoms with E-state index in [2.05, 4.69) is 15.9 Å². The Morgan fingerprint density at radius 2 is 2.12 bits per heavy atom. The zero-order valence-electron chi connectivity index (χ0n) is 10.3. The molecular formula is C13H18BrNO2. The maximum Gasteiger partial charge on any atom is 0.289 e. The van der Waals surface area contributed by atoms with Crippen molar-refractivity contribution < 1.29 is 9.21 Å². The highest BCUT2D eigenvalue weighted by atomic mass is 79.9. The fourth-order valence-electron chi connectivity index (χ4n) is 2.38. The summed E-state index contributed by atoms with van der Waals surface area (Å²) in [7, 11) is 1.87. The van der Waals surface area contributed by atoms with Crippen molar-refractivity contribution in [2.24, 2.45) is 0 Å². The second-order valence-corrected chi connectivity index (χ2v) is 5.87. The molecule has 0 spiro atoms. The quantitative estimate of drug-likeness (QED) is 0.785. The second kappa shape index (κ2) is 5.25. The summed E-state index contributed by atoms with van der Waals surface area (Å²) in [6.07, 6.45) is 4.65. The predicted molar refractivity (Wildman–Crippen MR) is 70.5 cm³/mol. The van der Waals surface area contributed by atoms with Crippen LogP contribution in [-0.4, -0.2) is 28.7 Å². The first-order valence-electron chi connectivity index (χ1n) is 6.07. The molecule has 2 atom stereocenters. The van der Waals surface area contributed by atoms with Crippen molar-refractivity contribution in [3.05, 3.63) is 23.7 Å². The van der Waals surface area contributed by atoms with Crippen LogP contribution in [0, 0.1) is 6.92 Å². The molecular weight excluding hydrogens is 282 g/mol. The number of hydrogen-bond donors (Lipinski definition) is 0. The number of hydrogen-bond acceptors (Lipinski definition) is 2. The summed E-state index contributed by atoms with van der Waals surface area (Å²) in [5, 5.41) is 0. The molecule has 1 fully saturated rings. The molecule has 0 saturated heterocycles. The minimum Gasteiger partial charge on any atom is -0.456 e. The first-order valence-corrected chi connectivity index (χ1v) is 6.99. The van der Waals surface area contributed by atoms with Gasteiger partial charge in [-0.2, -0.15) is 0 Å². The van der Waals surface area contributed by atoms with E-state index in [0.717, 1.165) is 18.6 Å². The van der Waals surface area contributed by atoms with Gasteiger partial charge in [-0.25, -0.2) is 0 Å². The molecule has 3 nitrogen and oxygen atoms in total. The van der Waals surface area contributed by atoms with E-state index in [1.807, 2.05) is 24.9 Å². The summed E-state index contributed by atoms with van der Waals surface area (Å²) in [6.45, 7) is 1.85. The van der Waals surface area contributed by atoms with Crippen LogP contribution in [0.4, 0.5) is 0 Å². The number of nitrogens with zero attached hydrogens (tertiary/aromatic N) is 1. The summed E-state index contributed by atoms with van der Waals surface area (Å²) < 4.78 is 5.39. The highest BCUT2D eigenvalue weighted by Crippen LogP contribution is 2.28. The molecule has 4 heteroatoms. The van der Waals surface area contributed by atoms with Gasteiger partial charge in [0.2, 0.25) is 0 Å². The fourth-order valence-corrected chi connectivity index (χ4v) is 3.32. The smallest absolute Gasteiger partial charge is 0.289 e. The topological polar surface area (TPSA) is 33.5 Å². The van der Waals surface area contributed by atoms with E-state index in [4.69, 9.17) is 4.42 Å². The molecule has 1 saturated carbocycles. The van der Waals surface area contributed by atoms with Crippen molar-refractivity contribution in [1.29, 1.82) is 0 Å². The Morgan fingerprint density at radius 1 is 1.41 bits per heavy atom. The van der Waals surface area contributed by atoms with Crippen LogP contribution < -0.4 is 0 Å². The van der Waals surface area contributed by atoms with Crippen LogP contribution in [0.1, 0.15) is 42.0 Å². The van der Waals surface area contributed by atoms with Gasteiger partial charge in [-0.1, -0.05) is 28.8 Å². The normalized spacial score (nSPS) is 24.6. The maximum absolute atomic E-state index is 12.2. The Hall–Kier alpha value is -0.770. The summed E-state index contributed by atoms with van der Waals surface area (Å²) in [6, 6.07) is 3.86. The monoisotopic (exact) mass is 299 g/mol. The van der Waals surface area contributed by atoms with E-state index in [9.17, 15) is 4.79 Å². The first kappa shape index (κ1) is 12.7. The third-order valence-corrected chi connectivity index (χ3v) is 4.48. The summed E-state index contributed by atoms with van der Waals surface area (Å²) in [5.74, 6) is 1.20. The van der Waals surface area contributed by atoms with Gasteiger partial charge >= 0.3 is 0 Å². The lowest BCUT2D eigenvalue weighted by atomic mass is 9.94. The van der Waals surface area contributed by atoms with Gasteiger partial charge in [-0.15, -0.1) is 0 Å². The van der Waals surface area contributed by atoms with E-state index in [1.165, 1.54) is 12.8 Å². The maximum atomic E-state index is 12.2. The van der Waals surface area contributed by atoms with Crippen molar-refractivity contribution in [2.75, 3.05) is 7.05 Å². The highest BCUT2D eigenvalue weighted by molar-refractivity contribution is 9.09. The molecule has 0 bridgehead atoms. The molecule has 2 unspecified atom stereocenters. The Kier molecular flexibility index (Phi) is 3.92. The third-order valence-electron chi connectivity index (χ3n) is 3.42. The van der Waals surface area contributed by atoms with Gasteiger partial charge in [0.15, 0.2) is 5.76 Å². The number of alkyl halides is 1. The van der Waals surface area contributed by atoms with Crippen molar-refractivity contribution in [2.45, 2.75) is 43.5 Å². The van der Waals surface area contributed by atoms with E-state index < -0.39 is 0 Å². The molecule has 1 aromatic heterocycles. The van der Waals surface area contributed by atoms with E-state index in [1.54, 1.807) is 6.07 Å². The van der Waals surface area contributed by atoms with Crippen LogP contribution >= 0.6 is 15.9 Å². The first-order chi connectivity index (χ1) is 8.09. The molecule has 1 heterocycles. The summed E-state index contributed by atoms with van der Waals surface area (Å²) >= 11 is 3.68. The molecule has 0 aromatic carbocycles. The van der Waals surface area contributed by atoms with Crippen molar-refractivity contribution in [3.63, 3.8) is 0 Å². The summed E-state index contributed by atoms with van der Waals surface area (Å²) in [5.41, 5.74) is 0. The SMILES string of the molecule is Cc1ccc(C(=O)N(C)C2CCCCC2Br)o1. The molecule has 1 aromatic rings. The zero-order valence-corrected chi connectivity index (χ0v) is 11.9. The van der Waals surface area contributed by atoms with Crippen molar-refractivity contribution >= 4 is 21.8 Å². The lowest BCUT2D eigenvalue weighted by molar-refractivity contribution is 0.0671. The number of rotatable bonds is 2. The van der Waals surface area contributed by atoms with Gasteiger partial charge in [-0.05, 0) is 31.9 Å². The van der Waals surface area contributed by atoms with E-state index in [0.29, 0.717) is 10.6 Å². The number of carbonyl (C=O) groups excluding carboxylic acids is 1. The van der Waals surface area contributed by atoms with Gasteiger partial charge < -0.3 is 9.32 Å². The molecule has 0 N–H and O–H groups in total. The van der Waals surface area contributed by atoms with Gasteiger partial charge in [0.1, 0.15) is 5.76 Å². The van der Waals surface area contributed by atoms with Gasteiger partial charge in [0.05, 0.1) is 0 Å². The number of aryl methyl sites for hydroxylation is 1. The van der Waals surface area contributed by atoms with Gasteiger partial charge in [0.25, 0.3) is 5.91 Å². The fraction of sp³-hybridized carbons (Fsp3) is 0.615. The average molecular weight is 300 g/mol. The molecule has 0 aliphatic heterocycles. The average Bonchev–Trinajstić information content (AvgIpc) is 2.75. The molecule has 1 amide bonds. The minimum atomic E-state index is -0.0190. The Bertz CT molecular complexity index is 402.